The van der Waals surface area contributed by atoms with Crippen LogP contribution in [0, 0.1) is 5.82 Å². The minimum absolute atomic E-state index is 0.00938. The lowest BCUT2D eigenvalue weighted by Gasteiger charge is -2.12. The number of carbonyl (C=O) groups is 4. The molecule has 3 amide bonds. The van der Waals surface area contributed by atoms with Crippen molar-refractivity contribution in [1.82, 2.24) is 0 Å². The molecule has 30 heavy (non-hydrogen) atoms. The number of anilines is 1. The topological polar surface area (TPSA) is 116 Å². The number of halogens is 2. The van der Waals surface area contributed by atoms with Gasteiger partial charge in [0.1, 0.15) is 5.82 Å². The van der Waals surface area contributed by atoms with E-state index in [1.165, 1.54) is 7.11 Å². The highest BCUT2D eigenvalue weighted by Crippen LogP contribution is 2.44. The Morgan fingerprint density at radius 3 is 2.53 bits per heavy atom. The van der Waals surface area contributed by atoms with Gasteiger partial charge in [-0.2, -0.15) is 0 Å². The van der Waals surface area contributed by atoms with Crippen molar-refractivity contribution in [2.75, 3.05) is 12.0 Å². The van der Waals surface area contributed by atoms with Gasteiger partial charge in [-0.3, -0.25) is 14.4 Å². The highest BCUT2D eigenvalue weighted by atomic mass is 35.5. The Morgan fingerprint density at radius 1 is 1.23 bits per heavy atom. The number of nitrogens with two attached hydrogens (primary N) is 1. The fourth-order valence-electron chi connectivity index (χ4n) is 2.80. The molecule has 0 unspecified atom stereocenters. The summed E-state index contributed by atoms with van der Waals surface area (Å²) in [4.78, 5) is 49.5. The number of carbonyl (C=O) groups excluding carboxylic acids is 4. The summed E-state index contributed by atoms with van der Waals surface area (Å²) in [5, 5.41) is 1.36. The van der Waals surface area contributed by atoms with Crippen LogP contribution in [0.25, 0.3) is 11.3 Å². The van der Waals surface area contributed by atoms with Crippen molar-refractivity contribution in [2.45, 2.75) is 12.8 Å². The lowest BCUT2D eigenvalue weighted by Crippen LogP contribution is -2.38. The van der Waals surface area contributed by atoms with Crippen LogP contribution in [0.4, 0.5) is 14.9 Å². The molecule has 0 spiro atoms. The summed E-state index contributed by atoms with van der Waals surface area (Å²) < 4.78 is 24.0. The predicted octanol–water partition coefficient (Wildman–Crippen LogP) is 3.33. The molecule has 0 aliphatic carbocycles. The van der Waals surface area contributed by atoms with E-state index in [2.05, 4.69) is 4.74 Å². The standard InChI is InChI=1S/C19H14ClFN2O6S/c1-28-14(24)4-5-15(25)29-17(13-3-2-6-30-13)16-9-7-11(21)10(20)8-12(9)23(18(16)26)19(22)27/h2-3,6-8H,4-5H2,1H3,(H2,22,27)/b17-16+. The van der Waals surface area contributed by atoms with Gasteiger partial charge in [-0.25, -0.2) is 14.1 Å². The van der Waals surface area contributed by atoms with E-state index in [0.717, 1.165) is 23.5 Å². The number of rotatable bonds is 5. The molecule has 156 valence electrons. The molecule has 2 N–H and O–H groups in total. The number of hydrogen-bond acceptors (Lipinski definition) is 7. The van der Waals surface area contributed by atoms with Crippen LogP contribution in [-0.2, 0) is 23.9 Å². The molecule has 1 aromatic heterocycles. The van der Waals surface area contributed by atoms with Crippen LogP contribution in [0.3, 0.4) is 0 Å². The zero-order valence-corrected chi connectivity index (χ0v) is 17.0. The number of thiophene rings is 1. The van der Waals surface area contributed by atoms with Crippen molar-refractivity contribution >= 4 is 63.8 Å². The third kappa shape index (κ3) is 4.05. The second-order valence-electron chi connectivity index (χ2n) is 5.99. The molecule has 1 aliphatic heterocycles. The first kappa shape index (κ1) is 21.5. The van der Waals surface area contributed by atoms with Gasteiger partial charge in [0.15, 0.2) is 5.76 Å². The molecule has 11 heteroatoms. The molecule has 0 saturated carbocycles. The Bertz CT molecular complexity index is 1080. The molecule has 1 aromatic carbocycles. The van der Waals surface area contributed by atoms with Crippen LogP contribution in [0.15, 0.2) is 29.6 Å². The Balaban J connectivity index is 2.14. The van der Waals surface area contributed by atoms with Gasteiger partial charge < -0.3 is 15.2 Å². The normalized spacial score (nSPS) is 14.4. The third-order valence-corrected chi connectivity index (χ3v) is 5.29. The minimum atomic E-state index is -1.11. The lowest BCUT2D eigenvalue weighted by molar-refractivity contribution is -0.145. The fourth-order valence-corrected chi connectivity index (χ4v) is 3.67. The number of benzene rings is 1. The Morgan fingerprint density at radius 2 is 1.93 bits per heavy atom. The number of ether oxygens (including phenoxy) is 2. The number of fused-ring (bicyclic) bond motifs is 1. The van der Waals surface area contributed by atoms with Crippen LogP contribution in [0.1, 0.15) is 23.3 Å². The van der Waals surface area contributed by atoms with Crippen molar-refractivity contribution in [3.05, 3.63) is 50.9 Å². The zero-order chi connectivity index (χ0) is 22.0. The Labute approximate surface area is 178 Å². The zero-order valence-electron chi connectivity index (χ0n) is 15.4. The quantitative estimate of drug-likeness (QED) is 0.422. The number of imide groups is 1. The van der Waals surface area contributed by atoms with E-state index < -0.39 is 29.7 Å². The third-order valence-electron chi connectivity index (χ3n) is 4.14. The number of hydrogen-bond donors (Lipinski definition) is 1. The lowest BCUT2D eigenvalue weighted by atomic mass is 10.0. The Kier molecular flexibility index (Phi) is 6.18. The molecule has 1 aliphatic rings. The van der Waals surface area contributed by atoms with Crippen LogP contribution in [0.5, 0.6) is 0 Å². The van der Waals surface area contributed by atoms with E-state index in [9.17, 15) is 23.6 Å². The van der Waals surface area contributed by atoms with Crippen LogP contribution >= 0.6 is 22.9 Å². The van der Waals surface area contributed by atoms with E-state index in [1.807, 2.05) is 0 Å². The number of amides is 3. The summed E-state index contributed by atoms with van der Waals surface area (Å²) in [7, 11) is 1.18. The summed E-state index contributed by atoms with van der Waals surface area (Å²) in [6, 6.07) is 4.17. The number of primary amides is 1. The first-order valence-electron chi connectivity index (χ1n) is 8.43. The average molecular weight is 453 g/mol. The molecule has 2 aromatic rings. The van der Waals surface area contributed by atoms with Crippen molar-refractivity contribution in [3.8, 4) is 0 Å². The molecule has 0 saturated heterocycles. The maximum atomic E-state index is 14.2. The van der Waals surface area contributed by atoms with Gasteiger partial charge in [0, 0.05) is 5.56 Å². The van der Waals surface area contributed by atoms with Gasteiger partial charge in [-0.1, -0.05) is 17.7 Å². The van der Waals surface area contributed by atoms with Gasteiger partial charge in [0.05, 0.1) is 41.1 Å². The van der Waals surface area contributed by atoms with E-state index in [4.69, 9.17) is 22.1 Å². The average Bonchev–Trinajstić information content (AvgIpc) is 3.31. The van der Waals surface area contributed by atoms with Crippen molar-refractivity contribution < 1.29 is 33.0 Å². The van der Waals surface area contributed by atoms with E-state index in [1.54, 1.807) is 17.5 Å². The van der Waals surface area contributed by atoms with Gasteiger partial charge in [-0.15, -0.1) is 11.3 Å². The summed E-state index contributed by atoms with van der Waals surface area (Å²) in [5.41, 5.74) is 5.05. The molecule has 0 radical (unpaired) electrons. The molecule has 0 fully saturated rings. The van der Waals surface area contributed by atoms with Crippen LogP contribution < -0.4 is 10.6 Å². The van der Waals surface area contributed by atoms with Crippen LogP contribution in [-0.4, -0.2) is 31.0 Å². The highest BCUT2D eigenvalue weighted by Gasteiger charge is 2.40. The van der Waals surface area contributed by atoms with Crippen LogP contribution in [0.2, 0.25) is 5.02 Å². The maximum absolute atomic E-state index is 14.2. The summed E-state index contributed by atoms with van der Waals surface area (Å²) in [5.74, 6) is -3.36. The second kappa shape index (κ2) is 8.64. The fraction of sp³-hybridized carbons (Fsp3) is 0.158. The summed E-state index contributed by atoms with van der Waals surface area (Å²) in [6.07, 6.45) is -0.547. The minimum Gasteiger partial charge on any atom is -0.469 e. The molecule has 8 nitrogen and oxygen atoms in total. The summed E-state index contributed by atoms with van der Waals surface area (Å²) >= 11 is 6.95. The van der Waals surface area contributed by atoms with Crippen molar-refractivity contribution in [2.24, 2.45) is 5.73 Å². The van der Waals surface area contributed by atoms with Crippen molar-refractivity contribution in [1.29, 1.82) is 0 Å². The second-order valence-corrected chi connectivity index (χ2v) is 7.35. The van der Waals surface area contributed by atoms with Gasteiger partial charge in [-0.05, 0) is 23.6 Å². The number of methoxy groups -OCH3 is 1. The molecular weight excluding hydrogens is 439 g/mol. The van der Waals surface area contributed by atoms with Gasteiger partial charge in [0.25, 0.3) is 5.91 Å². The van der Waals surface area contributed by atoms with Gasteiger partial charge >= 0.3 is 18.0 Å². The monoisotopic (exact) mass is 452 g/mol. The van der Waals surface area contributed by atoms with E-state index in [-0.39, 0.29) is 40.4 Å². The first-order chi connectivity index (χ1) is 14.2. The maximum Gasteiger partial charge on any atom is 0.326 e. The van der Waals surface area contributed by atoms with E-state index in [0.29, 0.717) is 9.78 Å². The molecule has 2 heterocycles. The number of urea groups is 1. The largest absolute Gasteiger partial charge is 0.469 e. The summed E-state index contributed by atoms with van der Waals surface area (Å²) in [6.45, 7) is 0. The highest BCUT2D eigenvalue weighted by molar-refractivity contribution is 7.11. The number of nitrogens with zero attached hydrogens (tertiary/aromatic N) is 1. The first-order valence-corrected chi connectivity index (χ1v) is 9.69. The molecule has 0 atom stereocenters. The van der Waals surface area contributed by atoms with Gasteiger partial charge in [0.2, 0.25) is 0 Å². The van der Waals surface area contributed by atoms with Crippen molar-refractivity contribution in [3.63, 3.8) is 0 Å². The SMILES string of the molecule is COC(=O)CCC(=O)O/C(=C1/C(=O)N(C(N)=O)c2cc(Cl)c(F)cc21)c1cccs1. The molecule has 0 bridgehead atoms. The molecule has 3 rings (SSSR count). The van der Waals surface area contributed by atoms with E-state index >= 15 is 0 Å². The smallest absolute Gasteiger partial charge is 0.326 e. The predicted molar refractivity (Wildman–Crippen MR) is 107 cm³/mol. The Hall–Kier alpha value is -3.24. The number of esters is 2. The molecular formula is C19H14ClFN2O6S.